The van der Waals surface area contributed by atoms with Crippen molar-refractivity contribution in [2.75, 3.05) is 12.3 Å². The molecule has 0 saturated carbocycles. The molecule has 0 radical (unpaired) electrons. The van der Waals surface area contributed by atoms with E-state index < -0.39 is 0 Å². The number of rotatable bonds is 5. The summed E-state index contributed by atoms with van der Waals surface area (Å²) in [5.41, 5.74) is 8.98. The predicted octanol–water partition coefficient (Wildman–Crippen LogP) is 2.37. The first kappa shape index (κ1) is 12.1. The second-order valence-electron chi connectivity index (χ2n) is 4.01. The van der Waals surface area contributed by atoms with Crippen LogP contribution in [0.25, 0.3) is 0 Å². The molecule has 90 valence electrons. The standard InChI is InChI=1S/C13H17N3S/c1-10-9-17-13(16-10)6-7-15-8-11-4-2-3-5-12(11)14/h2-5,9,15H,6-8,14H2,1H3. The Labute approximate surface area is 106 Å². The number of benzene rings is 1. The second kappa shape index (κ2) is 5.80. The summed E-state index contributed by atoms with van der Waals surface area (Å²) in [6.45, 7) is 3.77. The lowest BCUT2D eigenvalue weighted by molar-refractivity contribution is 0.686. The van der Waals surface area contributed by atoms with Gasteiger partial charge in [0.05, 0.1) is 5.01 Å². The molecule has 0 amide bonds. The van der Waals surface area contributed by atoms with Crippen molar-refractivity contribution in [3.63, 3.8) is 0 Å². The van der Waals surface area contributed by atoms with Crippen molar-refractivity contribution in [3.05, 3.63) is 45.9 Å². The summed E-state index contributed by atoms with van der Waals surface area (Å²) in [5.74, 6) is 0. The molecule has 1 aromatic heterocycles. The SMILES string of the molecule is Cc1csc(CCNCc2ccccc2N)n1. The van der Waals surface area contributed by atoms with Crippen LogP contribution in [0.2, 0.25) is 0 Å². The van der Waals surface area contributed by atoms with Crippen LogP contribution >= 0.6 is 11.3 Å². The lowest BCUT2D eigenvalue weighted by atomic mass is 10.2. The molecule has 0 bridgehead atoms. The zero-order chi connectivity index (χ0) is 12.1. The lowest BCUT2D eigenvalue weighted by Crippen LogP contribution is -2.17. The van der Waals surface area contributed by atoms with E-state index in [1.54, 1.807) is 11.3 Å². The molecular formula is C13H17N3S. The topological polar surface area (TPSA) is 50.9 Å². The highest BCUT2D eigenvalue weighted by molar-refractivity contribution is 7.09. The largest absolute Gasteiger partial charge is 0.398 e. The minimum Gasteiger partial charge on any atom is -0.398 e. The van der Waals surface area contributed by atoms with Crippen molar-refractivity contribution in [2.24, 2.45) is 0 Å². The van der Waals surface area contributed by atoms with Gasteiger partial charge in [-0.25, -0.2) is 4.98 Å². The molecule has 0 spiro atoms. The van der Waals surface area contributed by atoms with Gasteiger partial charge in [-0.1, -0.05) is 18.2 Å². The smallest absolute Gasteiger partial charge is 0.0940 e. The van der Waals surface area contributed by atoms with E-state index in [0.717, 1.165) is 36.5 Å². The summed E-state index contributed by atoms with van der Waals surface area (Å²) in [6, 6.07) is 7.95. The van der Waals surface area contributed by atoms with E-state index in [9.17, 15) is 0 Å². The Kier molecular flexibility index (Phi) is 4.12. The first-order valence-corrected chi connectivity index (χ1v) is 6.59. The Morgan fingerprint density at radius 1 is 1.35 bits per heavy atom. The van der Waals surface area contributed by atoms with Gasteiger partial charge in [-0.2, -0.15) is 0 Å². The van der Waals surface area contributed by atoms with Crippen LogP contribution in [0, 0.1) is 6.92 Å². The lowest BCUT2D eigenvalue weighted by Gasteiger charge is -2.06. The third-order valence-electron chi connectivity index (χ3n) is 2.55. The molecule has 0 unspecified atom stereocenters. The molecular weight excluding hydrogens is 230 g/mol. The Morgan fingerprint density at radius 2 is 2.18 bits per heavy atom. The number of nitrogens with two attached hydrogens (primary N) is 1. The van der Waals surface area contributed by atoms with Gasteiger partial charge >= 0.3 is 0 Å². The predicted molar refractivity (Wildman–Crippen MR) is 73.1 cm³/mol. The number of nitrogen functional groups attached to an aromatic ring is 1. The molecule has 0 aliphatic carbocycles. The van der Waals surface area contributed by atoms with E-state index in [4.69, 9.17) is 5.73 Å². The van der Waals surface area contributed by atoms with E-state index >= 15 is 0 Å². The first-order chi connectivity index (χ1) is 8.25. The third-order valence-corrected chi connectivity index (χ3v) is 3.58. The molecule has 0 saturated heterocycles. The number of aromatic nitrogens is 1. The molecule has 0 atom stereocenters. The molecule has 3 N–H and O–H groups in total. The highest BCUT2D eigenvalue weighted by Gasteiger charge is 1.99. The van der Waals surface area contributed by atoms with Crippen LogP contribution in [-0.4, -0.2) is 11.5 Å². The summed E-state index contributed by atoms with van der Waals surface area (Å²) in [5, 5.41) is 6.67. The van der Waals surface area contributed by atoms with E-state index in [2.05, 4.69) is 21.7 Å². The number of aryl methyl sites for hydroxylation is 1. The highest BCUT2D eigenvalue weighted by atomic mass is 32.1. The van der Waals surface area contributed by atoms with Gasteiger partial charge in [-0.05, 0) is 18.6 Å². The van der Waals surface area contributed by atoms with E-state index in [1.807, 2.05) is 25.1 Å². The second-order valence-corrected chi connectivity index (χ2v) is 4.95. The van der Waals surface area contributed by atoms with Crippen molar-refractivity contribution in [3.8, 4) is 0 Å². The molecule has 0 fully saturated rings. The van der Waals surface area contributed by atoms with Crippen LogP contribution in [0.15, 0.2) is 29.6 Å². The van der Waals surface area contributed by atoms with E-state index in [1.165, 1.54) is 5.01 Å². The molecule has 2 rings (SSSR count). The number of nitrogens with zero attached hydrogens (tertiary/aromatic N) is 1. The monoisotopic (exact) mass is 247 g/mol. The van der Waals surface area contributed by atoms with Crippen molar-refractivity contribution in [2.45, 2.75) is 19.9 Å². The minimum absolute atomic E-state index is 0.816. The van der Waals surface area contributed by atoms with Gasteiger partial charge in [-0.15, -0.1) is 11.3 Å². The van der Waals surface area contributed by atoms with Crippen molar-refractivity contribution >= 4 is 17.0 Å². The molecule has 17 heavy (non-hydrogen) atoms. The fourth-order valence-electron chi connectivity index (χ4n) is 1.63. The van der Waals surface area contributed by atoms with Gasteiger partial charge in [-0.3, -0.25) is 0 Å². The zero-order valence-corrected chi connectivity index (χ0v) is 10.8. The Bertz CT molecular complexity index is 479. The molecule has 2 aromatic rings. The summed E-state index contributed by atoms with van der Waals surface area (Å²) in [4.78, 5) is 4.43. The molecule has 1 aromatic carbocycles. The maximum absolute atomic E-state index is 5.87. The summed E-state index contributed by atoms with van der Waals surface area (Å²) < 4.78 is 0. The van der Waals surface area contributed by atoms with Gasteiger partial charge in [0.2, 0.25) is 0 Å². The van der Waals surface area contributed by atoms with E-state index in [-0.39, 0.29) is 0 Å². The van der Waals surface area contributed by atoms with Crippen LogP contribution in [0.5, 0.6) is 0 Å². The number of hydrogen-bond acceptors (Lipinski definition) is 4. The van der Waals surface area contributed by atoms with Crippen LogP contribution in [0.1, 0.15) is 16.3 Å². The van der Waals surface area contributed by atoms with Gasteiger partial charge in [0.25, 0.3) is 0 Å². The summed E-state index contributed by atoms with van der Waals surface area (Å²) in [7, 11) is 0. The average molecular weight is 247 g/mol. The van der Waals surface area contributed by atoms with Gasteiger partial charge in [0, 0.05) is 36.3 Å². The molecule has 0 aliphatic rings. The Balaban J connectivity index is 1.75. The van der Waals surface area contributed by atoms with Crippen molar-refractivity contribution in [1.29, 1.82) is 0 Å². The highest BCUT2D eigenvalue weighted by Crippen LogP contribution is 2.10. The summed E-state index contributed by atoms with van der Waals surface area (Å²) >= 11 is 1.72. The van der Waals surface area contributed by atoms with E-state index in [0.29, 0.717) is 0 Å². The number of anilines is 1. The van der Waals surface area contributed by atoms with Crippen LogP contribution in [0.3, 0.4) is 0 Å². The van der Waals surface area contributed by atoms with Crippen LogP contribution in [-0.2, 0) is 13.0 Å². The fourth-order valence-corrected chi connectivity index (χ4v) is 2.41. The number of para-hydroxylation sites is 1. The Morgan fingerprint density at radius 3 is 2.88 bits per heavy atom. The molecule has 3 nitrogen and oxygen atoms in total. The summed E-state index contributed by atoms with van der Waals surface area (Å²) in [6.07, 6.45) is 0.977. The Hall–Kier alpha value is -1.39. The van der Waals surface area contributed by atoms with Crippen molar-refractivity contribution in [1.82, 2.24) is 10.3 Å². The van der Waals surface area contributed by atoms with Gasteiger partial charge in [0.1, 0.15) is 0 Å². The quantitative estimate of drug-likeness (QED) is 0.630. The molecule has 1 heterocycles. The zero-order valence-electron chi connectivity index (χ0n) is 9.94. The number of nitrogens with one attached hydrogen (secondary N) is 1. The molecule has 4 heteroatoms. The number of thiazole rings is 1. The fraction of sp³-hybridized carbons (Fsp3) is 0.308. The maximum Gasteiger partial charge on any atom is 0.0940 e. The van der Waals surface area contributed by atoms with Gasteiger partial charge < -0.3 is 11.1 Å². The van der Waals surface area contributed by atoms with Crippen molar-refractivity contribution < 1.29 is 0 Å². The van der Waals surface area contributed by atoms with Crippen LogP contribution < -0.4 is 11.1 Å². The molecule has 0 aliphatic heterocycles. The normalized spacial score (nSPS) is 10.6. The maximum atomic E-state index is 5.87. The number of hydrogen-bond donors (Lipinski definition) is 2. The first-order valence-electron chi connectivity index (χ1n) is 5.71. The average Bonchev–Trinajstić information content (AvgIpc) is 2.73. The third kappa shape index (κ3) is 3.54. The van der Waals surface area contributed by atoms with Crippen LogP contribution in [0.4, 0.5) is 5.69 Å². The minimum atomic E-state index is 0.816. The van der Waals surface area contributed by atoms with Gasteiger partial charge in [0.15, 0.2) is 0 Å².